The summed E-state index contributed by atoms with van der Waals surface area (Å²) in [5, 5.41) is 14.1. The van der Waals surface area contributed by atoms with Crippen molar-refractivity contribution in [1.29, 1.82) is 0 Å². The lowest BCUT2D eigenvalue weighted by Crippen LogP contribution is -2.38. The number of carbonyl (C=O) groups is 3. The number of furan rings is 1. The van der Waals surface area contributed by atoms with Crippen molar-refractivity contribution in [3.8, 4) is 0 Å². The number of hydrogen-bond donors (Lipinski definition) is 1. The highest BCUT2D eigenvalue weighted by Gasteiger charge is 2.34. The summed E-state index contributed by atoms with van der Waals surface area (Å²) in [5.41, 5.74) is -0.441. The van der Waals surface area contributed by atoms with Crippen LogP contribution in [0.3, 0.4) is 0 Å². The number of nitrogens with one attached hydrogen (secondary N) is 1. The van der Waals surface area contributed by atoms with Crippen LogP contribution in [-0.2, 0) is 14.4 Å². The maximum Gasteiger partial charge on any atom is 0.433 e. The normalized spacial score (nSPS) is 14.9. The smallest absolute Gasteiger partial charge is 0.433 e. The number of nitrogens with zero attached hydrogens (tertiary/aromatic N) is 4. The Kier molecular flexibility index (Phi) is 8.60. The maximum absolute atomic E-state index is 15.1. The van der Waals surface area contributed by atoms with Gasteiger partial charge < -0.3 is 19.4 Å². The molecule has 0 spiro atoms. The van der Waals surface area contributed by atoms with E-state index in [0.29, 0.717) is 0 Å². The van der Waals surface area contributed by atoms with E-state index in [1.54, 1.807) is 6.92 Å². The molecule has 0 radical (unpaired) electrons. The lowest BCUT2D eigenvalue weighted by atomic mass is 10.2. The van der Waals surface area contributed by atoms with E-state index in [4.69, 9.17) is 14.0 Å². The molecule has 1 atom stereocenters. The van der Waals surface area contributed by atoms with E-state index in [1.807, 2.05) is 0 Å². The van der Waals surface area contributed by atoms with Gasteiger partial charge in [-0.3, -0.25) is 29.4 Å². The Hall–Kier alpha value is -4.27. The van der Waals surface area contributed by atoms with Crippen molar-refractivity contribution >= 4 is 35.2 Å². The number of cyclic esters (lactones) is 1. The zero-order valence-corrected chi connectivity index (χ0v) is 20.2. The minimum absolute atomic E-state index is 0.00924. The van der Waals surface area contributed by atoms with Gasteiger partial charge >= 0.3 is 17.9 Å². The Bertz CT molecular complexity index is 1170. The van der Waals surface area contributed by atoms with E-state index in [2.05, 4.69) is 5.32 Å². The van der Waals surface area contributed by atoms with Gasteiger partial charge in [0.05, 0.1) is 38.5 Å². The molecule has 15 heteroatoms. The summed E-state index contributed by atoms with van der Waals surface area (Å²) in [6.45, 7) is 2.91. The summed E-state index contributed by atoms with van der Waals surface area (Å²) in [4.78, 5) is 53.2. The summed E-state index contributed by atoms with van der Waals surface area (Å²) in [5.74, 6) is -3.99. The van der Waals surface area contributed by atoms with Crippen LogP contribution in [0, 0.1) is 21.7 Å². The monoisotopic (exact) mass is 525 g/mol. The molecule has 1 aliphatic rings. The first-order valence-corrected chi connectivity index (χ1v) is 11.1. The van der Waals surface area contributed by atoms with Crippen LogP contribution < -0.4 is 15.1 Å². The molecule has 13 nitrogen and oxygen atoms in total. The number of likely N-dealkylation sites (N-methyl/N-ethyl adjacent to an activating group) is 1. The van der Waals surface area contributed by atoms with E-state index < -0.39 is 40.5 Å². The molecular weight excluding hydrogens is 500 g/mol. The predicted octanol–water partition coefficient (Wildman–Crippen LogP) is 2.46. The summed E-state index contributed by atoms with van der Waals surface area (Å²) in [6.07, 6.45) is -1.48. The molecular formula is C22H25F2N5O8. The number of benzene rings is 1. The molecule has 3 rings (SSSR count). The average Bonchev–Trinajstić information content (AvgIpc) is 3.48. The van der Waals surface area contributed by atoms with Gasteiger partial charge in [-0.05, 0) is 13.0 Å². The quantitative estimate of drug-likeness (QED) is 0.345. The molecule has 3 amide bonds. The van der Waals surface area contributed by atoms with Crippen LogP contribution in [-0.4, -0.2) is 73.8 Å². The van der Waals surface area contributed by atoms with Gasteiger partial charge in [-0.2, -0.15) is 0 Å². The highest BCUT2D eigenvalue weighted by atomic mass is 19.1. The lowest BCUT2D eigenvalue weighted by Gasteiger charge is -2.28. The van der Waals surface area contributed by atoms with Gasteiger partial charge in [0, 0.05) is 32.1 Å². The molecule has 1 saturated heterocycles. The van der Waals surface area contributed by atoms with Crippen molar-refractivity contribution in [2.24, 2.45) is 0 Å². The fourth-order valence-electron chi connectivity index (χ4n) is 3.69. The average molecular weight is 525 g/mol. The van der Waals surface area contributed by atoms with Crippen LogP contribution in [0.2, 0.25) is 0 Å². The Morgan fingerprint density at radius 2 is 1.95 bits per heavy atom. The van der Waals surface area contributed by atoms with E-state index in [9.17, 15) is 24.5 Å². The van der Waals surface area contributed by atoms with Crippen molar-refractivity contribution in [2.75, 3.05) is 49.6 Å². The van der Waals surface area contributed by atoms with Crippen LogP contribution in [0.4, 0.5) is 30.8 Å². The first kappa shape index (κ1) is 27.3. The van der Waals surface area contributed by atoms with Gasteiger partial charge in [-0.1, -0.05) is 0 Å². The molecule has 1 aliphatic heterocycles. The van der Waals surface area contributed by atoms with Gasteiger partial charge in [0.1, 0.15) is 16.7 Å². The number of halogens is 2. The molecule has 200 valence electrons. The van der Waals surface area contributed by atoms with Crippen LogP contribution in [0.5, 0.6) is 0 Å². The number of carbonyl (C=O) groups excluding carboxylic acids is 3. The van der Waals surface area contributed by atoms with Gasteiger partial charge in [0.2, 0.25) is 11.7 Å². The first-order chi connectivity index (χ1) is 17.5. The molecule has 0 bridgehead atoms. The zero-order valence-electron chi connectivity index (χ0n) is 20.2. The lowest BCUT2D eigenvalue weighted by molar-refractivity contribution is -0.402. The number of hydrogen-bond acceptors (Lipinski definition) is 9. The number of amides is 3. The molecule has 2 aromatic rings. The van der Waals surface area contributed by atoms with Crippen LogP contribution in [0.1, 0.15) is 24.4 Å². The van der Waals surface area contributed by atoms with Crippen molar-refractivity contribution in [3.05, 3.63) is 51.8 Å². The summed E-state index contributed by atoms with van der Waals surface area (Å²) in [7, 11) is 1.19. The molecule has 0 saturated carbocycles. The maximum atomic E-state index is 15.1. The highest BCUT2D eigenvalue weighted by molar-refractivity contribution is 5.91. The van der Waals surface area contributed by atoms with Crippen LogP contribution >= 0.6 is 0 Å². The molecule has 1 fully saturated rings. The van der Waals surface area contributed by atoms with Gasteiger partial charge in [0.15, 0.2) is 11.6 Å². The predicted molar refractivity (Wildman–Crippen MR) is 124 cm³/mol. The Morgan fingerprint density at radius 1 is 1.27 bits per heavy atom. The minimum atomic E-state index is -0.952. The second-order valence-electron chi connectivity index (χ2n) is 7.88. The number of hydroxylamine groups is 2. The summed E-state index contributed by atoms with van der Waals surface area (Å²) >= 11 is 0. The number of anilines is 2. The minimum Gasteiger partial charge on any atom is -0.442 e. The first-order valence-electron chi connectivity index (χ1n) is 11.1. The second kappa shape index (κ2) is 11.6. The molecule has 0 unspecified atom stereocenters. The van der Waals surface area contributed by atoms with Gasteiger partial charge in [-0.15, -0.1) is 0 Å². The zero-order chi connectivity index (χ0) is 27.3. The topological polar surface area (TPSA) is 148 Å². The van der Waals surface area contributed by atoms with Crippen molar-refractivity contribution in [3.63, 3.8) is 0 Å². The number of rotatable bonds is 11. The van der Waals surface area contributed by atoms with Gasteiger partial charge in [0.25, 0.3) is 0 Å². The van der Waals surface area contributed by atoms with Crippen LogP contribution in [0.25, 0.3) is 0 Å². The molecule has 1 aromatic heterocycles. The van der Waals surface area contributed by atoms with E-state index in [1.165, 1.54) is 18.9 Å². The largest absolute Gasteiger partial charge is 0.442 e. The Balaban J connectivity index is 1.71. The molecule has 1 aromatic carbocycles. The van der Waals surface area contributed by atoms with E-state index >= 15 is 8.78 Å². The summed E-state index contributed by atoms with van der Waals surface area (Å²) in [6, 6.07) is 4.12. The Morgan fingerprint density at radius 3 is 2.49 bits per heavy atom. The second-order valence-corrected chi connectivity index (χ2v) is 7.88. The fourth-order valence-corrected chi connectivity index (χ4v) is 3.69. The van der Waals surface area contributed by atoms with Crippen LogP contribution in [0.15, 0.2) is 28.7 Å². The molecule has 2 heterocycles. The van der Waals surface area contributed by atoms with Crippen molar-refractivity contribution in [1.82, 2.24) is 10.4 Å². The third-order valence-electron chi connectivity index (χ3n) is 5.47. The van der Waals surface area contributed by atoms with Crippen molar-refractivity contribution < 1.29 is 42.1 Å². The standard InChI is InChI=1S/C22H25F2N5O8/c1-4-26(7-8-28(35-3)21(31)18-5-6-19(37-18)29(33)34)20-16(23)9-14(10-17(20)24)27-12-15(36-22(27)32)11-25-13(2)30/h5-6,9-10,15H,4,7-8,11-12H2,1-3H3,(H,25,30)/t15-/m0/s1. The van der Waals surface area contributed by atoms with Crippen molar-refractivity contribution in [2.45, 2.75) is 20.0 Å². The SMILES string of the molecule is CCN(CCN(OC)C(=O)c1ccc([N+](=O)[O-])o1)c1c(F)cc(N2C[C@H](CNC(C)=O)OC2=O)cc1F. The number of ether oxygens (including phenoxy) is 1. The third-order valence-corrected chi connectivity index (χ3v) is 5.47. The molecule has 0 aliphatic carbocycles. The van der Waals surface area contributed by atoms with E-state index in [0.717, 1.165) is 34.2 Å². The molecule has 37 heavy (non-hydrogen) atoms. The Labute approximate surface area is 209 Å². The number of nitro groups is 1. The third kappa shape index (κ3) is 6.30. The van der Waals surface area contributed by atoms with E-state index in [-0.39, 0.29) is 55.8 Å². The van der Waals surface area contributed by atoms with Gasteiger partial charge in [-0.25, -0.2) is 18.6 Å². The summed E-state index contributed by atoms with van der Waals surface area (Å²) < 4.78 is 40.2. The fraction of sp³-hybridized carbons (Fsp3) is 0.409. The highest BCUT2D eigenvalue weighted by Crippen LogP contribution is 2.31. The molecule has 1 N–H and O–H groups in total.